The maximum absolute atomic E-state index is 8.81. The summed E-state index contributed by atoms with van der Waals surface area (Å²) in [7, 11) is 3.62. The number of rotatable bonds is 6. The molecule has 0 fully saturated rings. The van der Waals surface area contributed by atoms with Gasteiger partial charge in [0.25, 0.3) is 0 Å². The Morgan fingerprint density at radius 3 is 2.50 bits per heavy atom. The zero-order valence-electron chi connectivity index (χ0n) is 10.5. The molecule has 0 aromatic heterocycles. The fraction of sp³-hybridized carbons (Fsp3) is 0.636. The largest absolute Gasteiger partial charge is 0.396 e. The summed E-state index contributed by atoms with van der Waals surface area (Å²) in [4.78, 5) is 5.59. The minimum absolute atomic E-state index is 0.107. The number of nitrogens with zero attached hydrogens (tertiary/aromatic N) is 2. The van der Waals surface area contributed by atoms with Crippen LogP contribution in [0.2, 0.25) is 0 Å². The van der Waals surface area contributed by atoms with Crippen LogP contribution in [-0.4, -0.2) is 49.3 Å². The molecule has 0 rings (SSSR count). The Bertz CT molecular complexity index is 284. The van der Waals surface area contributed by atoms with Crippen molar-refractivity contribution in [2.24, 2.45) is 4.99 Å². The van der Waals surface area contributed by atoms with Gasteiger partial charge in [-0.25, -0.2) is 4.99 Å². The minimum atomic E-state index is 0.107. The summed E-state index contributed by atoms with van der Waals surface area (Å²) in [5, 5.41) is 19.8. The lowest BCUT2D eigenvalue weighted by Crippen LogP contribution is -2.30. The molecule has 0 heterocycles. The molecule has 0 spiro atoms. The van der Waals surface area contributed by atoms with E-state index in [-0.39, 0.29) is 12.6 Å². The van der Waals surface area contributed by atoms with Crippen LogP contribution in [0, 0.1) is 5.41 Å². The van der Waals surface area contributed by atoms with Gasteiger partial charge in [0, 0.05) is 32.3 Å². The van der Waals surface area contributed by atoms with Crippen LogP contribution >= 0.6 is 0 Å². The van der Waals surface area contributed by atoms with Crippen molar-refractivity contribution < 1.29 is 5.11 Å². The lowest BCUT2D eigenvalue weighted by Gasteiger charge is -2.19. The van der Waals surface area contributed by atoms with Crippen LogP contribution in [0.15, 0.2) is 16.4 Å². The van der Waals surface area contributed by atoms with Crippen LogP contribution in [0.3, 0.4) is 0 Å². The number of hydrogen-bond acceptors (Lipinski definition) is 4. The van der Waals surface area contributed by atoms with Crippen molar-refractivity contribution in [3.05, 3.63) is 11.4 Å². The second-order valence-corrected chi connectivity index (χ2v) is 3.93. The summed E-state index contributed by atoms with van der Waals surface area (Å²) in [6.45, 7) is 7.39. The topological polar surface area (TPSA) is 71.7 Å². The highest BCUT2D eigenvalue weighted by atomic mass is 16.3. The Balaban J connectivity index is 4.75. The van der Waals surface area contributed by atoms with Gasteiger partial charge in [0.05, 0.1) is 0 Å². The van der Waals surface area contributed by atoms with Crippen molar-refractivity contribution in [2.75, 3.05) is 20.7 Å². The Morgan fingerprint density at radius 2 is 2.12 bits per heavy atom. The standard InChI is InChI=1S/C11H22N4O/c1-8(6-7-16)14-11(13-3)9(2)10(12)15(4)5/h8,12,14,16H,3,6-7H2,1-2,4-5H3/b11-9+,12-10?/t8-/m1/s1. The van der Waals surface area contributed by atoms with Crippen molar-refractivity contribution in [2.45, 2.75) is 26.3 Å². The van der Waals surface area contributed by atoms with Crippen molar-refractivity contribution >= 4 is 12.6 Å². The Labute approximate surface area is 97.4 Å². The van der Waals surface area contributed by atoms with Crippen LogP contribution in [0.4, 0.5) is 0 Å². The number of nitrogens with one attached hydrogen (secondary N) is 2. The van der Waals surface area contributed by atoms with Gasteiger partial charge in [0.15, 0.2) is 0 Å². The van der Waals surface area contributed by atoms with Gasteiger partial charge in [-0.2, -0.15) is 0 Å². The maximum Gasteiger partial charge on any atom is 0.132 e. The summed E-state index contributed by atoms with van der Waals surface area (Å²) < 4.78 is 0. The first-order valence-electron chi connectivity index (χ1n) is 5.25. The molecule has 92 valence electrons. The van der Waals surface area contributed by atoms with E-state index in [0.717, 1.165) is 5.57 Å². The summed E-state index contributed by atoms with van der Waals surface area (Å²) >= 11 is 0. The average Bonchev–Trinajstić information content (AvgIpc) is 2.24. The first-order chi connectivity index (χ1) is 7.43. The first kappa shape index (κ1) is 14.6. The third-order valence-electron chi connectivity index (χ3n) is 2.26. The average molecular weight is 226 g/mol. The van der Waals surface area contributed by atoms with E-state index in [0.29, 0.717) is 18.1 Å². The Hall–Kier alpha value is -1.36. The molecule has 3 N–H and O–H groups in total. The number of aliphatic hydroxyl groups is 1. The molecule has 0 aliphatic heterocycles. The molecule has 0 saturated heterocycles. The van der Waals surface area contributed by atoms with Gasteiger partial charge in [0.1, 0.15) is 11.7 Å². The number of amidine groups is 1. The van der Waals surface area contributed by atoms with Crippen molar-refractivity contribution in [1.82, 2.24) is 10.2 Å². The van der Waals surface area contributed by atoms with Gasteiger partial charge in [0.2, 0.25) is 0 Å². The lowest BCUT2D eigenvalue weighted by molar-refractivity contribution is 0.272. The molecule has 0 aliphatic carbocycles. The predicted octanol–water partition coefficient (Wildman–Crippen LogP) is 0.818. The second kappa shape index (κ2) is 7.00. The fourth-order valence-electron chi connectivity index (χ4n) is 1.22. The van der Waals surface area contributed by atoms with E-state index in [1.807, 2.05) is 27.9 Å². The zero-order valence-corrected chi connectivity index (χ0v) is 10.5. The molecular formula is C11H22N4O. The predicted molar refractivity (Wildman–Crippen MR) is 68.0 cm³/mol. The summed E-state index contributed by atoms with van der Waals surface area (Å²) in [5.74, 6) is 0.991. The van der Waals surface area contributed by atoms with Crippen LogP contribution in [0.1, 0.15) is 20.3 Å². The molecule has 1 atom stereocenters. The van der Waals surface area contributed by atoms with E-state index in [1.54, 1.807) is 4.90 Å². The van der Waals surface area contributed by atoms with Gasteiger partial charge in [-0.15, -0.1) is 0 Å². The first-order valence-corrected chi connectivity index (χ1v) is 5.25. The van der Waals surface area contributed by atoms with Crippen LogP contribution in [0.5, 0.6) is 0 Å². The highest BCUT2D eigenvalue weighted by molar-refractivity contribution is 5.95. The number of aliphatic hydroxyl groups excluding tert-OH is 1. The normalized spacial score (nSPS) is 13.8. The highest BCUT2D eigenvalue weighted by Gasteiger charge is 2.10. The molecule has 16 heavy (non-hydrogen) atoms. The van der Waals surface area contributed by atoms with Crippen molar-refractivity contribution in [3.63, 3.8) is 0 Å². The number of aliphatic imine (C=N–C) groups is 1. The van der Waals surface area contributed by atoms with E-state index in [1.165, 1.54) is 0 Å². The molecule has 0 unspecified atom stereocenters. The van der Waals surface area contributed by atoms with Gasteiger partial charge in [-0.3, -0.25) is 5.41 Å². The van der Waals surface area contributed by atoms with Gasteiger partial charge in [-0.05, 0) is 27.0 Å². The van der Waals surface area contributed by atoms with Gasteiger partial charge in [-0.1, -0.05) is 0 Å². The molecule has 5 heteroatoms. The van der Waals surface area contributed by atoms with Crippen molar-refractivity contribution in [3.8, 4) is 0 Å². The summed E-state index contributed by atoms with van der Waals surface area (Å²) in [6.07, 6.45) is 0.640. The molecule has 0 radical (unpaired) electrons. The molecule has 0 saturated carbocycles. The number of likely N-dealkylation sites (N-methyl/N-ethyl adjacent to an activating group) is 1. The quantitative estimate of drug-likeness (QED) is 0.464. The van der Waals surface area contributed by atoms with Crippen LogP contribution in [0.25, 0.3) is 0 Å². The minimum Gasteiger partial charge on any atom is -0.396 e. The van der Waals surface area contributed by atoms with Gasteiger partial charge >= 0.3 is 0 Å². The fourth-order valence-corrected chi connectivity index (χ4v) is 1.22. The maximum atomic E-state index is 8.81. The highest BCUT2D eigenvalue weighted by Crippen LogP contribution is 2.07. The number of hydrogen-bond donors (Lipinski definition) is 3. The van der Waals surface area contributed by atoms with Crippen molar-refractivity contribution in [1.29, 1.82) is 5.41 Å². The molecule has 0 bridgehead atoms. The van der Waals surface area contributed by atoms with E-state index in [4.69, 9.17) is 10.5 Å². The van der Waals surface area contributed by atoms with Crippen LogP contribution in [-0.2, 0) is 0 Å². The van der Waals surface area contributed by atoms with E-state index >= 15 is 0 Å². The van der Waals surface area contributed by atoms with E-state index in [9.17, 15) is 0 Å². The third kappa shape index (κ3) is 4.44. The second-order valence-electron chi connectivity index (χ2n) is 3.93. The Kier molecular flexibility index (Phi) is 6.41. The third-order valence-corrected chi connectivity index (χ3v) is 2.26. The van der Waals surface area contributed by atoms with E-state index in [2.05, 4.69) is 17.0 Å². The monoisotopic (exact) mass is 226 g/mol. The summed E-state index contributed by atoms with van der Waals surface area (Å²) in [6, 6.07) is 0.107. The molecule has 0 aromatic rings. The summed E-state index contributed by atoms with van der Waals surface area (Å²) in [5.41, 5.74) is 0.741. The molecule has 5 nitrogen and oxygen atoms in total. The van der Waals surface area contributed by atoms with Gasteiger partial charge < -0.3 is 15.3 Å². The van der Waals surface area contributed by atoms with Crippen LogP contribution < -0.4 is 5.32 Å². The molecular weight excluding hydrogens is 204 g/mol. The smallest absolute Gasteiger partial charge is 0.132 e. The van der Waals surface area contributed by atoms with E-state index < -0.39 is 0 Å². The molecule has 0 amide bonds. The SMILES string of the molecule is C=N/C(N[C@H](C)CCO)=C(/C)C(=N)N(C)C. The zero-order chi connectivity index (χ0) is 12.7. The molecule has 0 aromatic carbocycles. The lowest BCUT2D eigenvalue weighted by atomic mass is 10.2. The Morgan fingerprint density at radius 1 is 1.56 bits per heavy atom. The molecule has 0 aliphatic rings.